The Kier molecular flexibility index (Phi) is 13.4. The number of hydrogen-bond acceptors (Lipinski definition) is 9. The predicted octanol–water partition coefficient (Wildman–Crippen LogP) is 0.229. The quantitative estimate of drug-likeness (QED) is 0.0536. The van der Waals surface area contributed by atoms with Gasteiger partial charge in [0.05, 0.1) is 16.0 Å². The molecule has 1 unspecified atom stereocenters. The second-order valence-corrected chi connectivity index (χ2v) is 12.7. The molecule has 0 spiro atoms. The van der Waals surface area contributed by atoms with Gasteiger partial charge in [-0.05, 0) is 49.8 Å². The number of nitrogens with one attached hydrogen (secondary N) is 3. The first kappa shape index (κ1) is 34.3. The van der Waals surface area contributed by atoms with Gasteiger partial charge in [-0.3, -0.25) is 14.1 Å². The first-order valence-electron chi connectivity index (χ1n) is 13.1. The predicted molar refractivity (Wildman–Crippen MR) is 152 cm³/mol. The molecule has 226 valence electrons. The van der Waals surface area contributed by atoms with Crippen LogP contribution < -0.4 is 21.1 Å². The third-order valence-electron chi connectivity index (χ3n) is 6.42. The number of sulfonamides is 1. The van der Waals surface area contributed by atoms with Crippen molar-refractivity contribution in [2.24, 2.45) is 11.1 Å². The number of hydrogen-bond donors (Lipinski definition) is 7. The third kappa shape index (κ3) is 11.2. The zero-order valence-corrected chi connectivity index (χ0v) is 24.1. The van der Waals surface area contributed by atoms with Crippen molar-refractivity contribution >= 4 is 39.1 Å². The van der Waals surface area contributed by atoms with Crippen molar-refractivity contribution < 1.29 is 41.0 Å². The van der Waals surface area contributed by atoms with E-state index in [1.54, 1.807) is 36.4 Å². The minimum atomic E-state index is -4.00. The summed E-state index contributed by atoms with van der Waals surface area (Å²) in [7, 11) is -9.10. The highest BCUT2D eigenvalue weighted by Gasteiger charge is 2.48. The molecular formula is C25H37BN4O9S2. The number of carbonyl (C=O) groups is 2. The van der Waals surface area contributed by atoms with Gasteiger partial charge in [0.25, 0.3) is 10.1 Å². The summed E-state index contributed by atoms with van der Waals surface area (Å²) in [5.41, 5.74) is 4.68. The maximum absolute atomic E-state index is 12.8. The molecule has 1 saturated carbocycles. The van der Waals surface area contributed by atoms with Crippen LogP contribution in [0.15, 0.2) is 70.5 Å². The maximum atomic E-state index is 12.8. The van der Waals surface area contributed by atoms with Crippen LogP contribution in [0.5, 0.6) is 0 Å². The van der Waals surface area contributed by atoms with Crippen LogP contribution >= 0.6 is 0 Å². The van der Waals surface area contributed by atoms with Crippen LogP contribution in [0.25, 0.3) is 0 Å². The van der Waals surface area contributed by atoms with Crippen LogP contribution in [0.3, 0.4) is 0 Å². The molecule has 0 heterocycles. The van der Waals surface area contributed by atoms with E-state index in [-0.39, 0.29) is 29.2 Å². The summed E-state index contributed by atoms with van der Waals surface area (Å²) >= 11 is 0. The topological polar surface area (TPSA) is 225 Å². The highest BCUT2D eigenvalue weighted by atomic mass is 32.2. The Labute approximate surface area is 240 Å². The van der Waals surface area contributed by atoms with E-state index in [0.717, 1.165) is 12.8 Å². The molecule has 8 N–H and O–H groups in total. The van der Waals surface area contributed by atoms with Crippen LogP contribution in [0.4, 0.5) is 0 Å². The molecule has 0 bridgehead atoms. The first-order chi connectivity index (χ1) is 19.3. The van der Waals surface area contributed by atoms with Crippen LogP contribution in [-0.2, 0) is 29.7 Å². The van der Waals surface area contributed by atoms with E-state index in [9.17, 15) is 26.4 Å². The summed E-state index contributed by atoms with van der Waals surface area (Å²) in [5.74, 6) is -0.899. The fourth-order valence-electron chi connectivity index (χ4n) is 4.24. The lowest BCUT2D eigenvalue weighted by Crippen LogP contribution is -2.54. The highest BCUT2D eigenvalue weighted by molar-refractivity contribution is 7.89. The van der Waals surface area contributed by atoms with Gasteiger partial charge in [-0.2, -0.15) is 8.42 Å². The third-order valence-corrected chi connectivity index (χ3v) is 8.76. The Morgan fingerprint density at radius 2 is 1.41 bits per heavy atom. The van der Waals surface area contributed by atoms with E-state index in [1.165, 1.54) is 24.3 Å². The van der Waals surface area contributed by atoms with Crippen molar-refractivity contribution in [3.8, 4) is 0 Å². The van der Waals surface area contributed by atoms with Gasteiger partial charge in [-0.1, -0.05) is 55.7 Å². The Hall–Kier alpha value is -2.86. The normalized spacial score (nSPS) is 15.2. The molecule has 3 rings (SSSR count). The summed E-state index contributed by atoms with van der Waals surface area (Å²) < 4.78 is 56.1. The lowest BCUT2D eigenvalue weighted by atomic mass is 9.82. The zero-order chi connectivity index (χ0) is 30.5. The Balaban J connectivity index is 0.000000493. The molecule has 0 aromatic heterocycles. The Morgan fingerprint density at radius 1 is 0.878 bits per heavy atom. The summed E-state index contributed by atoms with van der Waals surface area (Å²) in [6, 6.07) is 15.3. The Bertz CT molecular complexity index is 1320. The van der Waals surface area contributed by atoms with E-state index in [0.29, 0.717) is 25.7 Å². The lowest BCUT2D eigenvalue weighted by molar-refractivity contribution is -0.143. The zero-order valence-electron chi connectivity index (χ0n) is 22.5. The average Bonchev–Trinajstić information content (AvgIpc) is 3.43. The molecule has 13 nitrogen and oxygen atoms in total. The summed E-state index contributed by atoms with van der Waals surface area (Å²) in [6.45, 7) is 0.0318. The van der Waals surface area contributed by atoms with Crippen molar-refractivity contribution in [3.63, 3.8) is 0 Å². The van der Waals surface area contributed by atoms with Gasteiger partial charge in [0.2, 0.25) is 21.8 Å². The fraction of sp³-hybridized carbons (Fsp3) is 0.440. The van der Waals surface area contributed by atoms with Gasteiger partial charge in [0.15, 0.2) is 0 Å². The number of amides is 2. The number of carbonyl (C=O) groups excluding carboxylic acids is 2. The largest absolute Gasteiger partial charge is 0.451 e. The number of nitrogens with two attached hydrogens (primary N) is 1. The van der Waals surface area contributed by atoms with E-state index in [2.05, 4.69) is 15.4 Å². The minimum Gasteiger partial charge on any atom is -0.427 e. The molecule has 1 fully saturated rings. The molecule has 41 heavy (non-hydrogen) atoms. The molecule has 1 aliphatic rings. The smallest absolute Gasteiger partial charge is 0.427 e. The van der Waals surface area contributed by atoms with Crippen molar-refractivity contribution in [1.29, 1.82) is 0 Å². The van der Waals surface area contributed by atoms with Crippen molar-refractivity contribution in [2.45, 2.75) is 60.8 Å². The van der Waals surface area contributed by atoms with Crippen LogP contribution in [0.2, 0.25) is 6.32 Å². The second-order valence-electron chi connectivity index (χ2n) is 9.54. The van der Waals surface area contributed by atoms with Gasteiger partial charge in [0, 0.05) is 13.1 Å². The first-order valence-corrected chi connectivity index (χ1v) is 16.0. The number of benzene rings is 2. The van der Waals surface area contributed by atoms with Crippen molar-refractivity contribution in [1.82, 2.24) is 15.4 Å². The van der Waals surface area contributed by atoms with Crippen LogP contribution in [-0.4, -0.2) is 69.6 Å². The SMILES string of the molecule is NC(CCCB(O)O)NC(=O)C1(C(=O)NCCNS(=O)(=O)c2ccccc2)CCCC1.O=S(=O)(O)c1ccccc1. The van der Waals surface area contributed by atoms with Crippen molar-refractivity contribution in [3.05, 3.63) is 60.7 Å². The molecule has 2 amide bonds. The van der Waals surface area contributed by atoms with Crippen LogP contribution in [0.1, 0.15) is 38.5 Å². The molecule has 16 heteroatoms. The van der Waals surface area contributed by atoms with Crippen LogP contribution in [0, 0.1) is 5.41 Å². The van der Waals surface area contributed by atoms with Gasteiger partial charge < -0.3 is 26.4 Å². The molecule has 0 saturated heterocycles. The van der Waals surface area contributed by atoms with Gasteiger partial charge in [-0.15, -0.1) is 0 Å². The minimum absolute atomic E-state index is 0.0103. The van der Waals surface area contributed by atoms with E-state index in [4.69, 9.17) is 20.3 Å². The van der Waals surface area contributed by atoms with E-state index < -0.39 is 50.7 Å². The molecule has 1 atom stereocenters. The molecule has 2 aromatic rings. The summed E-state index contributed by atoms with van der Waals surface area (Å²) in [5, 5.41) is 23.1. The van der Waals surface area contributed by atoms with Gasteiger partial charge in [0.1, 0.15) is 5.41 Å². The van der Waals surface area contributed by atoms with Gasteiger partial charge in [-0.25, -0.2) is 13.1 Å². The summed E-state index contributed by atoms with van der Waals surface area (Å²) in [6.07, 6.45) is 2.46. The van der Waals surface area contributed by atoms with Crippen molar-refractivity contribution in [2.75, 3.05) is 13.1 Å². The molecule has 0 radical (unpaired) electrons. The fourth-order valence-corrected chi connectivity index (χ4v) is 5.79. The highest BCUT2D eigenvalue weighted by Crippen LogP contribution is 2.38. The monoisotopic (exact) mass is 612 g/mol. The molecule has 0 aliphatic heterocycles. The molecule has 1 aliphatic carbocycles. The standard InChI is InChI=1S/C19H31BN4O6S.C6H6O3S/c21-16(9-6-12-20(27)28)24-18(26)19(10-4-5-11-19)17(25)22-13-14-23-31(29,30)15-7-2-1-3-8-15;7-10(8,9)6-4-2-1-3-5-6/h1-3,7-8,16,23,27-28H,4-6,9-14,21H2,(H,22,25)(H,24,26);1-5H,(H,7,8,9). The maximum Gasteiger partial charge on any atom is 0.451 e. The van der Waals surface area contributed by atoms with E-state index in [1.807, 2.05) is 0 Å². The molecule has 2 aromatic carbocycles. The Morgan fingerprint density at radius 3 is 1.90 bits per heavy atom. The van der Waals surface area contributed by atoms with E-state index >= 15 is 0 Å². The lowest BCUT2D eigenvalue weighted by Gasteiger charge is -2.28. The average molecular weight is 613 g/mol. The second kappa shape index (κ2) is 16.0. The molecular weight excluding hydrogens is 575 g/mol. The summed E-state index contributed by atoms with van der Waals surface area (Å²) in [4.78, 5) is 25.7. The van der Waals surface area contributed by atoms with Gasteiger partial charge >= 0.3 is 7.12 Å². The number of rotatable bonds is 13.